The number of thiophene rings is 1. The van der Waals surface area contributed by atoms with Gasteiger partial charge in [0.25, 0.3) is 0 Å². The second kappa shape index (κ2) is 5.92. The van der Waals surface area contributed by atoms with E-state index in [0.717, 1.165) is 40.7 Å². The fraction of sp³-hybridized carbons (Fsp3) is 0.250. The molecular formula is C20H18N2O3S. The summed E-state index contributed by atoms with van der Waals surface area (Å²) in [6.07, 6.45) is 0.426. The van der Waals surface area contributed by atoms with E-state index in [2.05, 4.69) is 23.6 Å². The van der Waals surface area contributed by atoms with Crippen LogP contribution in [0.25, 0.3) is 0 Å². The van der Waals surface area contributed by atoms with Crippen LogP contribution in [0, 0.1) is 6.92 Å². The lowest BCUT2D eigenvalue weighted by molar-refractivity contribution is -0.0345. The van der Waals surface area contributed by atoms with Crippen LogP contribution in [0.1, 0.15) is 40.7 Å². The molecule has 0 bridgehead atoms. The molecule has 26 heavy (non-hydrogen) atoms. The summed E-state index contributed by atoms with van der Waals surface area (Å²) in [7, 11) is 1.67. The summed E-state index contributed by atoms with van der Waals surface area (Å²) < 4.78 is 17.7. The molecule has 3 aromatic rings. The summed E-state index contributed by atoms with van der Waals surface area (Å²) in [5.74, 6) is 3.12. The third-order valence-electron chi connectivity index (χ3n) is 4.81. The van der Waals surface area contributed by atoms with E-state index in [1.807, 2.05) is 36.2 Å². The Bertz CT molecular complexity index is 977. The number of para-hydroxylation sites is 1. The third kappa shape index (κ3) is 2.33. The molecule has 5 nitrogen and oxygen atoms in total. The Hall–Kier alpha value is -2.73. The van der Waals surface area contributed by atoms with Gasteiger partial charge in [-0.15, -0.1) is 11.3 Å². The molecule has 0 saturated heterocycles. The van der Waals surface area contributed by atoms with E-state index in [0.29, 0.717) is 0 Å². The lowest BCUT2D eigenvalue weighted by Crippen LogP contribution is -2.33. The number of rotatable bonds is 3. The van der Waals surface area contributed by atoms with E-state index in [-0.39, 0.29) is 6.04 Å². The predicted molar refractivity (Wildman–Crippen MR) is 99.9 cm³/mol. The molecule has 0 fully saturated rings. The largest absolute Gasteiger partial charge is 0.493 e. The SMILES string of the molecule is COc1cccc2c1O[C@@H](c1ccc(C)o1)N1N=C(c3cccs3)C[C@@H]21. The summed E-state index contributed by atoms with van der Waals surface area (Å²) in [5.41, 5.74) is 2.18. The van der Waals surface area contributed by atoms with Gasteiger partial charge in [-0.1, -0.05) is 18.2 Å². The van der Waals surface area contributed by atoms with Gasteiger partial charge in [-0.25, -0.2) is 5.01 Å². The minimum atomic E-state index is -0.407. The summed E-state index contributed by atoms with van der Waals surface area (Å²) in [5, 5.41) is 9.01. The molecule has 0 unspecified atom stereocenters. The zero-order valence-corrected chi connectivity index (χ0v) is 15.3. The van der Waals surface area contributed by atoms with Crippen molar-refractivity contribution in [3.63, 3.8) is 0 Å². The third-order valence-corrected chi connectivity index (χ3v) is 5.73. The van der Waals surface area contributed by atoms with Crippen LogP contribution in [0.4, 0.5) is 0 Å². The number of aryl methyl sites for hydroxylation is 1. The van der Waals surface area contributed by atoms with Gasteiger partial charge in [0.15, 0.2) is 17.3 Å². The van der Waals surface area contributed by atoms with Crippen LogP contribution in [-0.4, -0.2) is 17.8 Å². The summed E-state index contributed by atoms with van der Waals surface area (Å²) in [6.45, 7) is 1.93. The number of ether oxygens (including phenoxy) is 2. The average molecular weight is 366 g/mol. The molecule has 2 aromatic heterocycles. The molecule has 2 atom stereocenters. The first kappa shape index (κ1) is 15.5. The highest BCUT2D eigenvalue weighted by molar-refractivity contribution is 7.12. The molecule has 0 N–H and O–H groups in total. The number of hydrogen-bond donors (Lipinski definition) is 0. The second-order valence-corrected chi connectivity index (χ2v) is 7.37. The minimum absolute atomic E-state index is 0.0985. The van der Waals surface area contributed by atoms with Crippen molar-refractivity contribution in [1.29, 1.82) is 0 Å². The highest BCUT2D eigenvalue weighted by Crippen LogP contribution is 2.50. The first-order valence-electron chi connectivity index (χ1n) is 8.54. The van der Waals surface area contributed by atoms with Gasteiger partial charge in [-0.2, -0.15) is 5.10 Å². The van der Waals surface area contributed by atoms with E-state index < -0.39 is 6.23 Å². The van der Waals surface area contributed by atoms with Crippen LogP contribution in [0.3, 0.4) is 0 Å². The predicted octanol–water partition coefficient (Wildman–Crippen LogP) is 4.90. The van der Waals surface area contributed by atoms with Gasteiger partial charge in [0.2, 0.25) is 6.23 Å². The van der Waals surface area contributed by atoms with Crippen molar-refractivity contribution < 1.29 is 13.9 Å². The van der Waals surface area contributed by atoms with E-state index in [9.17, 15) is 0 Å². The smallest absolute Gasteiger partial charge is 0.246 e. The summed E-state index contributed by atoms with van der Waals surface area (Å²) in [6, 6.07) is 14.2. The molecule has 0 radical (unpaired) electrons. The Labute approximate surface area is 155 Å². The second-order valence-electron chi connectivity index (χ2n) is 6.42. The van der Waals surface area contributed by atoms with Gasteiger partial charge < -0.3 is 13.9 Å². The van der Waals surface area contributed by atoms with Crippen molar-refractivity contribution in [2.75, 3.05) is 7.11 Å². The Morgan fingerprint density at radius 3 is 2.85 bits per heavy atom. The van der Waals surface area contributed by atoms with Gasteiger partial charge in [-0.05, 0) is 36.6 Å². The van der Waals surface area contributed by atoms with Crippen molar-refractivity contribution in [3.8, 4) is 11.5 Å². The number of benzene rings is 1. The first-order chi connectivity index (χ1) is 12.7. The first-order valence-corrected chi connectivity index (χ1v) is 9.42. The fourth-order valence-electron chi connectivity index (χ4n) is 3.61. The highest BCUT2D eigenvalue weighted by Gasteiger charge is 2.43. The number of furan rings is 1. The van der Waals surface area contributed by atoms with Crippen molar-refractivity contribution >= 4 is 17.0 Å². The maximum absolute atomic E-state index is 6.34. The molecule has 1 aromatic carbocycles. The zero-order valence-electron chi connectivity index (χ0n) is 14.5. The molecule has 0 saturated carbocycles. The Morgan fingerprint density at radius 2 is 2.12 bits per heavy atom. The molecule has 2 aliphatic rings. The number of methoxy groups -OCH3 is 1. The van der Waals surface area contributed by atoms with Crippen LogP contribution >= 0.6 is 11.3 Å². The molecule has 0 aliphatic carbocycles. The summed E-state index contributed by atoms with van der Waals surface area (Å²) in [4.78, 5) is 1.19. The number of hydrogen-bond acceptors (Lipinski definition) is 6. The van der Waals surface area contributed by atoms with E-state index >= 15 is 0 Å². The van der Waals surface area contributed by atoms with Crippen LogP contribution < -0.4 is 9.47 Å². The van der Waals surface area contributed by atoms with Crippen molar-refractivity contribution in [3.05, 3.63) is 69.8 Å². The monoisotopic (exact) mass is 366 g/mol. The molecule has 2 aliphatic heterocycles. The summed E-state index contributed by atoms with van der Waals surface area (Å²) >= 11 is 1.71. The Morgan fingerprint density at radius 1 is 1.19 bits per heavy atom. The lowest BCUT2D eigenvalue weighted by atomic mass is 9.98. The standard InChI is InChI=1S/C20H18N2O3S/c1-12-8-9-17(24-12)20-22-15(11-14(21-22)18-7-4-10-26-18)13-5-3-6-16(23-2)19(13)25-20/h3-10,15,20H,11H2,1-2H3/t15-,20-/m0/s1. The van der Waals surface area contributed by atoms with E-state index in [1.165, 1.54) is 4.88 Å². The fourth-order valence-corrected chi connectivity index (χ4v) is 4.33. The number of hydrazone groups is 1. The van der Waals surface area contributed by atoms with E-state index in [1.54, 1.807) is 18.4 Å². The molecule has 0 amide bonds. The topological polar surface area (TPSA) is 47.2 Å². The average Bonchev–Trinajstić information content (AvgIpc) is 3.40. The Balaban J connectivity index is 1.63. The van der Waals surface area contributed by atoms with Gasteiger partial charge in [0.1, 0.15) is 5.76 Å². The van der Waals surface area contributed by atoms with Gasteiger partial charge >= 0.3 is 0 Å². The number of fused-ring (bicyclic) bond motifs is 3. The maximum atomic E-state index is 6.34. The van der Waals surface area contributed by atoms with Crippen LogP contribution in [-0.2, 0) is 0 Å². The number of nitrogens with zero attached hydrogens (tertiary/aromatic N) is 2. The van der Waals surface area contributed by atoms with E-state index in [4.69, 9.17) is 19.0 Å². The lowest BCUT2D eigenvalue weighted by Gasteiger charge is -2.37. The molecule has 6 heteroatoms. The molecule has 0 spiro atoms. The van der Waals surface area contributed by atoms with Gasteiger partial charge in [0, 0.05) is 12.0 Å². The van der Waals surface area contributed by atoms with Gasteiger partial charge in [0.05, 0.1) is 23.7 Å². The van der Waals surface area contributed by atoms with Crippen molar-refractivity contribution in [1.82, 2.24) is 5.01 Å². The van der Waals surface area contributed by atoms with Crippen molar-refractivity contribution in [2.24, 2.45) is 5.10 Å². The normalized spacial score (nSPS) is 21.0. The quantitative estimate of drug-likeness (QED) is 0.661. The zero-order chi connectivity index (χ0) is 17.7. The van der Waals surface area contributed by atoms with Gasteiger partial charge in [-0.3, -0.25) is 0 Å². The maximum Gasteiger partial charge on any atom is 0.246 e. The van der Waals surface area contributed by atoms with Crippen molar-refractivity contribution in [2.45, 2.75) is 25.6 Å². The minimum Gasteiger partial charge on any atom is -0.493 e. The highest BCUT2D eigenvalue weighted by atomic mass is 32.1. The molecular weight excluding hydrogens is 348 g/mol. The van der Waals surface area contributed by atoms with Crippen LogP contribution in [0.5, 0.6) is 11.5 Å². The Kier molecular flexibility index (Phi) is 3.53. The van der Waals surface area contributed by atoms with Crippen LogP contribution in [0.15, 0.2) is 57.4 Å². The molecule has 5 rings (SSSR count). The van der Waals surface area contributed by atoms with Crippen LogP contribution in [0.2, 0.25) is 0 Å². The molecule has 132 valence electrons. The molecule has 4 heterocycles.